The van der Waals surface area contributed by atoms with E-state index >= 15 is 0 Å². The van der Waals surface area contributed by atoms with Crippen LogP contribution in [0.3, 0.4) is 0 Å². The fourth-order valence-electron chi connectivity index (χ4n) is 3.08. The number of alkyl halides is 3. The Bertz CT molecular complexity index is 1370. The largest absolute Gasteiger partial charge is 0.573 e. The van der Waals surface area contributed by atoms with Crippen molar-refractivity contribution in [3.63, 3.8) is 0 Å². The Hall–Kier alpha value is -3.54. The van der Waals surface area contributed by atoms with Crippen molar-refractivity contribution in [1.82, 2.24) is 19.2 Å². The highest BCUT2D eigenvalue weighted by atomic mass is 32.2. The average Bonchev–Trinajstić information content (AvgIpc) is 3.16. The average molecular weight is 463 g/mol. The van der Waals surface area contributed by atoms with E-state index < -0.39 is 11.6 Å². The Morgan fingerprint density at radius 1 is 1.12 bits per heavy atom. The van der Waals surface area contributed by atoms with Gasteiger partial charge in [0.2, 0.25) is 11.7 Å². The number of ether oxygens (including phenoxy) is 1. The molecule has 0 saturated carbocycles. The van der Waals surface area contributed by atoms with Crippen LogP contribution in [0.5, 0.6) is 5.75 Å². The third-order valence-electron chi connectivity index (χ3n) is 4.60. The molecule has 0 aliphatic carbocycles. The Morgan fingerprint density at radius 2 is 1.81 bits per heavy atom. The number of carbonyl (C=O) groups is 1. The molecule has 166 valence electrons. The molecule has 0 saturated heterocycles. The lowest BCUT2D eigenvalue weighted by Gasteiger charge is -2.13. The first-order valence-electron chi connectivity index (χ1n) is 9.30. The number of anilines is 1. The molecule has 8 nitrogen and oxygen atoms in total. The summed E-state index contributed by atoms with van der Waals surface area (Å²) in [4.78, 5) is 25.1. The van der Waals surface area contributed by atoms with E-state index in [0.717, 1.165) is 23.9 Å². The van der Waals surface area contributed by atoms with Crippen LogP contribution in [-0.4, -0.2) is 36.7 Å². The predicted octanol–water partition coefficient (Wildman–Crippen LogP) is 3.60. The van der Waals surface area contributed by atoms with Gasteiger partial charge in [-0.3, -0.25) is 18.6 Å². The van der Waals surface area contributed by atoms with Crippen molar-refractivity contribution < 1.29 is 22.7 Å². The minimum absolute atomic E-state index is 0.208. The molecule has 2 heterocycles. The molecular weight excluding hydrogens is 447 g/mol. The maximum Gasteiger partial charge on any atom is 0.573 e. The van der Waals surface area contributed by atoms with Gasteiger partial charge in [0.05, 0.1) is 16.2 Å². The van der Waals surface area contributed by atoms with Crippen molar-refractivity contribution in [2.75, 3.05) is 5.32 Å². The molecule has 0 radical (unpaired) electrons. The van der Waals surface area contributed by atoms with Crippen LogP contribution in [0, 0.1) is 0 Å². The number of benzene rings is 2. The molecule has 2 aromatic heterocycles. The van der Waals surface area contributed by atoms with Crippen molar-refractivity contribution in [3.05, 3.63) is 58.9 Å². The fourth-order valence-corrected chi connectivity index (χ4v) is 3.94. The number of halogens is 3. The van der Waals surface area contributed by atoms with E-state index in [1.54, 1.807) is 42.6 Å². The van der Waals surface area contributed by atoms with E-state index in [0.29, 0.717) is 27.5 Å². The summed E-state index contributed by atoms with van der Waals surface area (Å²) in [5.74, 6) is -0.431. The molecule has 0 bridgehead atoms. The number of nitrogens with one attached hydrogen (secondary N) is 1. The number of thioether (sulfide) groups is 1. The summed E-state index contributed by atoms with van der Waals surface area (Å²) >= 11 is 1.14. The molecule has 1 unspecified atom stereocenters. The van der Waals surface area contributed by atoms with Crippen LogP contribution in [0.25, 0.3) is 16.7 Å². The second kappa shape index (κ2) is 8.19. The number of carbonyl (C=O) groups excluding carboxylic acids is 1. The molecular formula is C20H16F3N5O3S. The van der Waals surface area contributed by atoms with Gasteiger partial charge in [-0.2, -0.15) is 0 Å². The highest BCUT2D eigenvalue weighted by molar-refractivity contribution is 8.00. The minimum atomic E-state index is -4.79. The van der Waals surface area contributed by atoms with Gasteiger partial charge in [0.25, 0.3) is 5.56 Å². The number of amides is 1. The lowest BCUT2D eigenvalue weighted by molar-refractivity contribution is -0.274. The zero-order valence-electron chi connectivity index (χ0n) is 16.8. The van der Waals surface area contributed by atoms with E-state index in [1.165, 1.54) is 16.7 Å². The summed E-state index contributed by atoms with van der Waals surface area (Å²) in [5.41, 5.74) is 0.725. The van der Waals surface area contributed by atoms with Gasteiger partial charge >= 0.3 is 6.36 Å². The van der Waals surface area contributed by atoms with Gasteiger partial charge in [0.15, 0.2) is 5.16 Å². The van der Waals surface area contributed by atoms with E-state index in [1.807, 2.05) is 0 Å². The first-order valence-corrected chi connectivity index (χ1v) is 10.2. The van der Waals surface area contributed by atoms with E-state index in [9.17, 15) is 22.8 Å². The molecule has 0 spiro atoms. The predicted molar refractivity (Wildman–Crippen MR) is 113 cm³/mol. The zero-order valence-corrected chi connectivity index (χ0v) is 17.6. The minimum Gasteiger partial charge on any atom is -0.406 e. The molecule has 0 aliphatic heterocycles. The van der Waals surface area contributed by atoms with Crippen molar-refractivity contribution in [1.29, 1.82) is 0 Å². The Labute approximate surface area is 183 Å². The lowest BCUT2D eigenvalue weighted by Crippen LogP contribution is -2.23. The van der Waals surface area contributed by atoms with Crippen LogP contribution in [0.2, 0.25) is 0 Å². The monoisotopic (exact) mass is 463 g/mol. The third kappa shape index (κ3) is 4.26. The number of aromatic nitrogens is 4. The SMILES string of the molecule is CC(Sc1nnc2n(C)c(=O)c3ccccc3n12)C(=O)Nc1ccc(OC(F)(F)F)cc1. The highest BCUT2D eigenvalue weighted by Gasteiger charge is 2.31. The van der Waals surface area contributed by atoms with Crippen LogP contribution in [0.4, 0.5) is 18.9 Å². The van der Waals surface area contributed by atoms with Crippen molar-refractivity contribution in [2.24, 2.45) is 7.05 Å². The topological polar surface area (TPSA) is 90.5 Å². The Morgan fingerprint density at radius 3 is 2.50 bits per heavy atom. The maximum atomic E-state index is 12.6. The lowest BCUT2D eigenvalue weighted by atomic mass is 10.2. The quantitative estimate of drug-likeness (QED) is 0.455. The Kier molecular flexibility index (Phi) is 5.55. The van der Waals surface area contributed by atoms with Gasteiger partial charge in [-0.25, -0.2) is 0 Å². The van der Waals surface area contributed by atoms with Gasteiger partial charge in [-0.05, 0) is 43.3 Å². The normalized spacial score (nSPS) is 12.8. The maximum absolute atomic E-state index is 12.6. The second-order valence-electron chi connectivity index (χ2n) is 6.82. The standard InChI is InChI=1S/C20H16F3N5O3S/c1-11(16(29)24-12-7-9-13(10-8-12)31-20(21,22)23)32-19-26-25-18-27(2)17(30)14-5-3-4-6-15(14)28(18)19/h3-11H,1-2H3,(H,24,29). The van der Waals surface area contributed by atoms with Gasteiger partial charge in [-0.1, -0.05) is 23.9 Å². The van der Waals surface area contributed by atoms with Gasteiger partial charge in [0.1, 0.15) is 5.75 Å². The van der Waals surface area contributed by atoms with Gasteiger partial charge in [-0.15, -0.1) is 23.4 Å². The molecule has 0 fully saturated rings. The van der Waals surface area contributed by atoms with Crippen LogP contribution in [0.15, 0.2) is 58.5 Å². The number of para-hydroxylation sites is 1. The number of rotatable bonds is 5. The molecule has 12 heteroatoms. The molecule has 2 aromatic carbocycles. The number of nitrogens with zero attached hydrogens (tertiary/aromatic N) is 4. The first kappa shape index (κ1) is 21.7. The summed E-state index contributed by atoms with van der Waals surface area (Å²) in [7, 11) is 1.59. The van der Waals surface area contributed by atoms with Crippen LogP contribution < -0.4 is 15.6 Å². The molecule has 4 rings (SSSR count). The molecule has 1 amide bonds. The van der Waals surface area contributed by atoms with Crippen LogP contribution >= 0.6 is 11.8 Å². The number of hydrogen-bond donors (Lipinski definition) is 1. The number of hydrogen-bond acceptors (Lipinski definition) is 6. The van der Waals surface area contributed by atoms with Crippen molar-refractivity contribution >= 4 is 40.0 Å². The van der Waals surface area contributed by atoms with Crippen molar-refractivity contribution in [3.8, 4) is 5.75 Å². The third-order valence-corrected chi connectivity index (χ3v) is 5.65. The second-order valence-corrected chi connectivity index (χ2v) is 8.13. The summed E-state index contributed by atoms with van der Waals surface area (Å²) in [6.45, 7) is 1.66. The summed E-state index contributed by atoms with van der Waals surface area (Å²) in [5, 5.41) is 11.1. The summed E-state index contributed by atoms with van der Waals surface area (Å²) in [6.07, 6.45) is -4.79. The van der Waals surface area contributed by atoms with E-state index in [2.05, 4.69) is 20.3 Å². The first-order chi connectivity index (χ1) is 15.1. The van der Waals surface area contributed by atoms with Gasteiger partial charge in [0, 0.05) is 12.7 Å². The molecule has 0 aliphatic rings. The van der Waals surface area contributed by atoms with E-state index in [4.69, 9.17) is 0 Å². The smallest absolute Gasteiger partial charge is 0.406 e. The molecule has 1 atom stereocenters. The van der Waals surface area contributed by atoms with E-state index in [-0.39, 0.29) is 17.2 Å². The Balaban J connectivity index is 1.55. The van der Waals surface area contributed by atoms with Crippen LogP contribution in [0.1, 0.15) is 6.92 Å². The fraction of sp³-hybridized carbons (Fsp3) is 0.200. The highest BCUT2D eigenvalue weighted by Crippen LogP contribution is 2.27. The molecule has 1 N–H and O–H groups in total. The zero-order chi connectivity index (χ0) is 23.0. The van der Waals surface area contributed by atoms with Crippen LogP contribution in [-0.2, 0) is 11.8 Å². The molecule has 32 heavy (non-hydrogen) atoms. The van der Waals surface area contributed by atoms with Gasteiger partial charge < -0.3 is 10.1 Å². The number of fused-ring (bicyclic) bond motifs is 3. The number of aryl methyl sites for hydroxylation is 1. The summed E-state index contributed by atoms with van der Waals surface area (Å²) in [6, 6.07) is 11.9. The summed E-state index contributed by atoms with van der Waals surface area (Å²) < 4.78 is 43.7. The molecule has 4 aromatic rings. The van der Waals surface area contributed by atoms with Crippen molar-refractivity contribution in [2.45, 2.75) is 23.7 Å².